The lowest BCUT2D eigenvalue weighted by Crippen LogP contribution is -2.37. The summed E-state index contributed by atoms with van der Waals surface area (Å²) in [6.07, 6.45) is 1.56. The van der Waals surface area contributed by atoms with E-state index in [1.54, 1.807) is 18.2 Å². The number of sulfone groups is 1. The molecule has 1 amide bonds. The third-order valence-corrected chi connectivity index (χ3v) is 6.23. The van der Waals surface area contributed by atoms with E-state index in [2.05, 4.69) is 5.32 Å². The van der Waals surface area contributed by atoms with E-state index in [-0.39, 0.29) is 17.4 Å². The van der Waals surface area contributed by atoms with Crippen LogP contribution in [0.15, 0.2) is 46.7 Å². The minimum Gasteiger partial charge on any atom is -0.491 e. The summed E-state index contributed by atoms with van der Waals surface area (Å²) in [5.41, 5.74) is 1.82. The van der Waals surface area contributed by atoms with E-state index >= 15 is 0 Å². The Bertz CT molecular complexity index is 1040. The van der Waals surface area contributed by atoms with Gasteiger partial charge in [0.2, 0.25) is 5.91 Å². The van der Waals surface area contributed by atoms with Crippen LogP contribution in [0.1, 0.15) is 16.7 Å². The molecule has 1 unspecified atom stereocenters. The number of hydrogen-bond acceptors (Lipinski definition) is 4. The maximum absolute atomic E-state index is 12.7. The zero-order valence-corrected chi connectivity index (χ0v) is 12.7. The van der Waals surface area contributed by atoms with Gasteiger partial charge in [0.15, 0.2) is 9.84 Å². The minimum absolute atomic E-state index is 0.178. The average Bonchev–Trinajstić information content (AvgIpc) is 3.14. The Morgan fingerprint density at radius 2 is 1.96 bits per heavy atom. The molecule has 2 aromatic carbocycles. The highest BCUT2D eigenvalue weighted by Gasteiger charge is 2.54. The van der Waals surface area contributed by atoms with Gasteiger partial charge in [0.25, 0.3) is 0 Å². The van der Waals surface area contributed by atoms with Gasteiger partial charge in [-0.2, -0.15) is 0 Å². The lowest BCUT2D eigenvalue weighted by atomic mass is 9.77. The van der Waals surface area contributed by atoms with Crippen molar-refractivity contribution in [1.82, 2.24) is 0 Å². The molecule has 0 aliphatic carbocycles. The molecule has 1 N–H and O–H groups in total. The van der Waals surface area contributed by atoms with Crippen molar-refractivity contribution in [3.05, 3.63) is 58.5 Å². The van der Waals surface area contributed by atoms with Crippen molar-refractivity contribution in [3.63, 3.8) is 0 Å². The molecule has 0 radical (unpaired) electrons. The molecule has 0 bridgehead atoms. The van der Waals surface area contributed by atoms with E-state index in [4.69, 9.17) is 4.74 Å². The maximum Gasteiger partial charge on any atom is 0.243 e. The maximum atomic E-state index is 12.7. The van der Waals surface area contributed by atoms with Crippen LogP contribution in [0.25, 0.3) is 6.08 Å². The summed E-state index contributed by atoms with van der Waals surface area (Å²) in [4.78, 5) is 13.0. The lowest BCUT2D eigenvalue weighted by Gasteiger charge is -2.20. The summed E-state index contributed by atoms with van der Waals surface area (Å²) in [6, 6.07) is 10.7. The minimum atomic E-state index is -3.44. The Balaban J connectivity index is 1.83. The number of ether oxygens (including phenoxy) is 1. The molecule has 3 heterocycles. The fraction of sp³-hybridized carbons (Fsp3) is 0.118. The van der Waals surface area contributed by atoms with Crippen LogP contribution in [0, 0.1) is 0 Å². The Morgan fingerprint density at radius 1 is 1.13 bits per heavy atom. The topological polar surface area (TPSA) is 72.5 Å². The largest absolute Gasteiger partial charge is 0.491 e. The van der Waals surface area contributed by atoms with Crippen LogP contribution in [-0.4, -0.2) is 20.9 Å². The number of anilines is 1. The van der Waals surface area contributed by atoms with Gasteiger partial charge in [-0.05, 0) is 35.4 Å². The monoisotopic (exact) mass is 325 g/mol. The second-order valence-corrected chi connectivity index (χ2v) is 7.73. The molecule has 1 atom stereocenters. The van der Waals surface area contributed by atoms with Gasteiger partial charge >= 0.3 is 0 Å². The van der Waals surface area contributed by atoms with Gasteiger partial charge in [-0.25, -0.2) is 8.42 Å². The average molecular weight is 325 g/mol. The highest BCUT2D eigenvalue weighted by atomic mass is 32.2. The normalized spacial score (nSPS) is 25.0. The molecule has 0 fully saturated rings. The summed E-state index contributed by atoms with van der Waals surface area (Å²) in [7, 11) is -3.44. The second-order valence-electron chi connectivity index (χ2n) is 5.93. The first-order valence-corrected chi connectivity index (χ1v) is 8.72. The van der Waals surface area contributed by atoms with Gasteiger partial charge in [-0.3, -0.25) is 4.79 Å². The van der Waals surface area contributed by atoms with Crippen LogP contribution >= 0.6 is 0 Å². The molecule has 0 saturated heterocycles. The zero-order valence-electron chi connectivity index (χ0n) is 11.9. The fourth-order valence-electron chi connectivity index (χ4n) is 3.63. The SMILES string of the molecule is O=C1Nc2ccccc2C12COc1cc3c(cc12)S(=O)(=O)C=C3. The third-order valence-electron chi connectivity index (χ3n) is 4.77. The Hall–Kier alpha value is -2.60. The summed E-state index contributed by atoms with van der Waals surface area (Å²) >= 11 is 0. The highest BCUT2D eigenvalue weighted by molar-refractivity contribution is 7.94. The van der Waals surface area contributed by atoms with Crippen molar-refractivity contribution in [2.75, 3.05) is 11.9 Å². The molecule has 23 heavy (non-hydrogen) atoms. The number of hydrogen-bond donors (Lipinski definition) is 1. The van der Waals surface area contributed by atoms with Gasteiger partial charge in [0.05, 0.1) is 4.90 Å². The van der Waals surface area contributed by atoms with Gasteiger partial charge < -0.3 is 10.1 Å². The van der Waals surface area contributed by atoms with E-state index in [1.165, 1.54) is 5.41 Å². The number of nitrogens with one attached hydrogen (secondary N) is 1. The molecule has 3 aliphatic heterocycles. The van der Waals surface area contributed by atoms with Crippen molar-refractivity contribution in [2.45, 2.75) is 10.3 Å². The molecule has 6 heteroatoms. The number of carbonyl (C=O) groups excluding carboxylic acids is 1. The molecule has 2 aromatic rings. The molecule has 5 rings (SSSR count). The van der Waals surface area contributed by atoms with Crippen LogP contribution in [-0.2, 0) is 20.0 Å². The standard InChI is InChI=1S/C17H11NO4S/c19-16-17(11-3-1-2-4-13(11)18-16)9-22-14-7-10-5-6-23(20,21)15(10)8-12(14)17/h1-8H,9H2,(H,18,19). The predicted molar refractivity (Wildman–Crippen MR) is 84.0 cm³/mol. The summed E-state index contributed by atoms with van der Waals surface area (Å²) in [6.45, 7) is 0.178. The van der Waals surface area contributed by atoms with Crippen molar-refractivity contribution >= 4 is 27.5 Å². The summed E-state index contributed by atoms with van der Waals surface area (Å²) < 4.78 is 30.1. The van der Waals surface area contributed by atoms with E-state index in [1.807, 2.05) is 24.3 Å². The lowest BCUT2D eigenvalue weighted by molar-refractivity contribution is -0.119. The van der Waals surface area contributed by atoms with Crippen LogP contribution in [0.3, 0.4) is 0 Å². The molecular formula is C17H11NO4S. The van der Waals surface area contributed by atoms with Gasteiger partial charge in [0.1, 0.15) is 17.8 Å². The molecule has 114 valence electrons. The van der Waals surface area contributed by atoms with Gasteiger partial charge in [-0.1, -0.05) is 18.2 Å². The summed E-state index contributed by atoms with van der Waals surface area (Å²) in [5, 5.41) is 4.06. The van der Waals surface area contributed by atoms with Gasteiger partial charge in [0, 0.05) is 16.7 Å². The van der Waals surface area contributed by atoms with Crippen LogP contribution < -0.4 is 10.1 Å². The predicted octanol–water partition coefficient (Wildman–Crippen LogP) is 2.08. The Morgan fingerprint density at radius 3 is 2.83 bits per heavy atom. The van der Waals surface area contributed by atoms with Crippen molar-refractivity contribution < 1.29 is 17.9 Å². The first-order valence-electron chi connectivity index (χ1n) is 7.18. The highest BCUT2D eigenvalue weighted by Crippen LogP contribution is 2.51. The number of benzene rings is 2. The molecule has 5 nitrogen and oxygen atoms in total. The second kappa shape index (κ2) is 3.83. The smallest absolute Gasteiger partial charge is 0.243 e. The fourth-order valence-corrected chi connectivity index (χ4v) is 4.84. The van der Waals surface area contributed by atoms with Crippen LogP contribution in [0.2, 0.25) is 0 Å². The zero-order chi connectivity index (χ0) is 15.8. The molecule has 3 aliphatic rings. The Labute approximate surface area is 132 Å². The molecular weight excluding hydrogens is 314 g/mol. The van der Waals surface area contributed by atoms with Crippen molar-refractivity contribution in [3.8, 4) is 5.75 Å². The molecule has 1 spiro atoms. The number of rotatable bonds is 0. The number of carbonyl (C=O) groups is 1. The van der Waals surface area contributed by atoms with E-state index in [0.717, 1.165) is 11.3 Å². The van der Waals surface area contributed by atoms with E-state index in [0.29, 0.717) is 16.9 Å². The quantitative estimate of drug-likeness (QED) is 0.805. The van der Waals surface area contributed by atoms with Crippen LogP contribution in [0.5, 0.6) is 5.75 Å². The summed E-state index contributed by atoms with van der Waals surface area (Å²) in [5.74, 6) is 0.387. The van der Waals surface area contributed by atoms with Crippen LogP contribution in [0.4, 0.5) is 5.69 Å². The first kappa shape index (κ1) is 12.9. The molecule has 0 saturated carbocycles. The van der Waals surface area contributed by atoms with Crippen molar-refractivity contribution in [1.29, 1.82) is 0 Å². The van der Waals surface area contributed by atoms with Crippen molar-refractivity contribution in [2.24, 2.45) is 0 Å². The van der Waals surface area contributed by atoms with E-state index in [9.17, 15) is 13.2 Å². The first-order chi connectivity index (χ1) is 11.0. The third kappa shape index (κ3) is 1.42. The number of amides is 1. The van der Waals surface area contributed by atoms with E-state index < -0.39 is 15.3 Å². The molecule has 0 aromatic heterocycles. The Kier molecular flexibility index (Phi) is 2.15. The number of fused-ring (bicyclic) bond motifs is 5. The van der Waals surface area contributed by atoms with Gasteiger partial charge in [-0.15, -0.1) is 0 Å². The number of para-hydroxylation sites is 1.